The summed E-state index contributed by atoms with van der Waals surface area (Å²) in [6.45, 7) is 7.33. The standard InChI is InChI=1S/C15H21NO2/c1-5-11-7-9-12(10-8-11)14(18)16-15(3,4)13(17)6-2/h7-10H,5-6H2,1-4H3,(H,16,18). The molecule has 0 fully saturated rings. The van der Waals surface area contributed by atoms with E-state index in [0.29, 0.717) is 12.0 Å². The van der Waals surface area contributed by atoms with E-state index in [1.165, 1.54) is 5.56 Å². The lowest BCUT2D eigenvalue weighted by molar-refractivity contribution is -0.123. The zero-order chi connectivity index (χ0) is 13.8. The fourth-order valence-electron chi connectivity index (χ4n) is 1.76. The SMILES string of the molecule is CCC(=O)C(C)(C)NC(=O)c1ccc(CC)cc1. The minimum absolute atomic E-state index is 0.0287. The zero-order valence-corrected chi connectivity index (χ0v) is 11.5. The molecule has 0 atom stereocenters. The van der Waals surface area contributed by atoms with Crippen LogP contribution in [0.3, 0.4) is 0 Å². The normalized spacial score (nSPS) is 11.1. The summed E-state index contributed by atoms with van der Waals surface area (Å²) in [5, 5.41) is 2.77. The number of carbonyl (C=O) groups is 2. The van der Waals surface area contributed by atoms with Crippen LogP contribution in [0.2, 0.25) is 0 Å². The van der Waals surface area contributed by atoms with E-state index in [0.717, 1.165) is 6.42 Å². The Kier molecular flexibility index (Phi) is 4.65. The Morgan fingerprint density at radius 1 is 1.11 bits per heavy atom. The highest BCUT2D eigenvalue weighted by atomic mass is 16.2. The Balaban J connectivity index is 2.78. The number of Topliss-reactive ketones (excluding diaryl/α,β-unsaturated/α-hetero) is 1. The maximum absolute atomic E-state index is 12.0. The summed E-state index contributed by atoms with van der Waals surface area (Å²) in [5.74, 6) is -0.175. The first-order valence-electron chi connectivity index (χ1n) is 6.35. The van der Waals surface area contributed by atoms with Crippen molar-refractivity contribution >= 4 is 11.7 Å². The molecule has 3 heteroatoms. The average Bonchev–Trinajstić information content (AvgIpc) is 2.37. The van der Waals surface area contributed by atoms with Crippen molar-refractivity contribution < 1.29 is 9.59 Å². The summed E-state index contributed by atoms with van der Waals surface area (Å²) in [5.41, 5.74) is 0.967. The summed E-state index contributed by atoms with van der Waals surface area (Å²) < 4.78 is 0. The van der Waals surface area contributed by atoms with Crippen LogP contribution in [0, 0.1) is 0 Å². The van der Waals surface area contributed by atoms with Crippen LogP contribution in [-0.4, -0.2) is 17.2 Å². The fraction of sp³-hybridized carbons (Fsp3) is 0.467. The third-order valence-corrected chi connectivity index (χ3v) is 3.07. The Labute approximate surface area is 109 Å². The van der Waals surface area contributed by atoms with Crippen molar-refractivity contribution in [2.75, 3.05) is 0 Å². The van der Waals surface area contributed by atoms with Gasteiger partial charge in [-0.05, 0) is 38.0 Å². The molecule has 0 aliphatic carbocycles. The summed E-state index contributed by atoms with van der Waals surface area (Å²) in [6.07, 6.45) is 1.36. The van der Waals surface area contributed by atoms with Crippen LogP contribution in [0.5, 0.6) is 0 Å². The van der Waals surface area contributed by atoms with Gasteiger partial charge in [0.15, 0.2) is 5.78 Å². The third kappa shape index (κ3) is 3.42. The summed E-state index contributed by atoms with van der Waals surface area (Å²) in [4.78, 5) is 23.7. The van der Waals surface area contributed by atoms with Crippen LogP contribution < -0.4 is 5.32 Å². The molecule has 0 heterocycles. The molecule has 0 saturated heterocycles. The van der Waals surface area contributed by atoms with Crippen molar-refractivity contribution in [1.29, 1.82) is 0 Å². The maximum atomic E-state index is 12.0. The summed E-state index contributed by atoms with van der Waals surface area (Å²) in [7, 11) is 0. The third-order valence-electron chi connectivity index (χ3n) is 3.07. The number of hydrogen-bond acceptors (Lipinski definition) is 2. The highest BCUT2D eigenvalue weighted by Crippen LogP contribution is 2.10. The number of nitrogens with one attached hydrogen (secondary N) is 1. The molecule has 1 N–H and O–H groups in total. The molecule has 18 heavy (non-hydrogen) atoms. The Bertz CT molecular complexity index is 432. The number of rotatable bonds is 5. The molecule has 0 spiro atoms. The number of hydrogen-bond donors (Lipinski definition) is 1. The molecule has 0 unspecified atom stereocenters. The molecule has 0 aliphatic heterocycles. The van der Waals surface area contributed by atoms with Gasteiger partial charge in [-0.3, -0.25) is 9.59 Å². The van der Waals surface area contributed by atoms with E-state index in [-0.39, 0.29) is 11.7 Å². The predicted molar refractivity (Wildman–Crippen MR) is 72.7 cm³/mol. The van der Waals surface area contributed by atoms with Gasteiger partial charge in [-0.2, -0.15) is 0 Å². The second kappa shape index (κ2) is 5.80. The van der Waals surface area contributed by atoms with Gasteiger partial charge in [-0.1, -0.05) is 26.0 Å². The Hall–Kier alpha value is -1.64. The Morgan fingerprint density at radius 2 is 1.67 bits per heavy atom. The van der Waals surface area contributed by atoms with E-state index >= 15 is 0 Å². The van der Waals surface area contributed by atoms with Crippen LogP contribution in [-0.2, 0) is 11.2 Å². The maximum Gasteiger partial charge on any atom is 0.252 e. The van der Waals surface area contributed by atoms with Gasteiger partial charge in [-0.25, -0.2) is 0 Å². The highest BCUT2D eigenvalue weighted by Gasteiger charge is 2.27. The second-order valence-corrected chi connectivity index (χ2v) is 4.91. The zero-order valence-electron chi connectivity index (χ0n) is 11.5. The predicted octanol–water partition coefficient (Wildman–Crippen LogP) is 2.74. The smallest absolute Gasteiger partial charge is 0.252 e. The first-order valence-corrected chi connectivity index (χ1v) is 6.35. The molecule has 1 amide bonds. The van der Waals surface area contributed by atoms with Crippen molar-refractivity contribution in [3.8, 4) is 0 Å². The van der Waals surface area contributed by atoms with Crippen LogP contribution in [0.1, 0.15) is 50.0 Å². The molecular formula is C15H21NO2. The van der Waals surface area contributed by atoms with E-state index in [2.05, 4.69) is 12.2 Å². The van der Waals surface area contributed by atoms with Gasteiger partial charge in [0.25, 0.3) is 5.91 Å². The van der Waals surface area contributed by atoms with E-state index in [9.17, 15) is 9.59 Å². The summed E-state index contributed by atoms with van der Waals surface area (Å²) >= 11 is 0. The topological polar surface area (TPSA) is 46.2 Å². The van der Waals surface area contributed by atoms with E-state index in [1.807, 2.05) is 12.1 Å². The van der Waals surface area contributed by atoms with Gasteiger partial charge in [0, 0.05) is 12.0 Å². The lowest BCUT2D eigenvalue weighted by Gasteiger charge is -2.24. The number of amides is 1. The monoisotopic (exact) mass is 247 g/mol. The number of carbonyl (C=O) groups excluding carboxylic acids is 2. The molecule has 1 aromatic rings. The molecule has 1 aromatic carbocycles. The van der Waals surface area contributed by atoms with Crippen LogP contribution in [0.4, 0.5) is 0 Å². The van der Waals surface area contributed by atoms with E-state index in [4.69, 9.17) is 0 Å². The van der Waals surface area contributed by atoms with E-state index < -0.39 is 5.54 Å². The van der Waals surface area contributed by atoms with Crippen LogP contribution >= 0.6 is 0 Å². The number of ketones is 1. The van der Waals surface area contributed by atoms with Gasteiger partial charge in [0.2, 0.25) is 0 Å². The first-order chi connectivity index (χ1) is 8.40. The molecule has 98 valence electrons. The minimum Gasteiger partial charge on any atom is -0.340 e. The van der Waals surface area contributed by atoms with Gasteiger partial charge in [0.1, 0.15) is 0 Å². The number of aryl methyl sites for hydroxylation is 1. The molecule has 0 bridgehead atoms. The molecule has 0 radical (unpaired) electrons. The quantitative estimate of drug-likeness (QED) is 0.869. The summed E-state index contributed by atoms with van der Waals surface area (Å²) in [6, 6.07) is 7.45. The van der Waals surface area contributed by atoms with Gasteiger partial charge in [-0.15, -0.1) is 0 Å². The second-order valence-electron chi connectivity index (χ2n) is 4.91. The minimum atomic E-state index is -0.810. The molecular weight excluding hydrogens is 226 g/mol. The lowest BCUT2D eigenvalue weighted by Crippen LogP contribution is -2.49. The molecule has 3 nitrogen and oxygen atoms in total. The van der Waals surface area contributed by atoms with Gasteiger partial charge >= 0.3 is 0 Å². The van der Waals surface area contributed by atoms with Crippen LogP contribution in [0.15, 0.2) is 24.3 Å². The lowest BCUT2D eigenvalue weighted by atomic mass is 9.96. The van der Waals surface area contributed by atoms with Crippen molar-refractivity contribution in [2.45, 2.75) is 46.1 Å². The van der Waals surface area contributed by atoms with Gasteiger partial charge < -0.3 is 5.32 Å². The Morgan fingerprint density at radius 3 is 2.11 bits per heavy atom. The van der Waals surface area contributed by atoms with Crippen molar-refractivity contribution in [1.82, 2.24) is 5.32 Å². The van der Waals surface area contributed by atoms with Crippen molar-refractivity contribution in [2.24, 2.45) is 0 Å². The number of benzene rings is 1. The van der Waals surface area contributed by atoms with Crippen molar-refractivity contribution in [3.63, 3.8) is 0 Å². The fourth-order valence-corrected chi connectivity index (χ4v) is 1.76. The molecule has 0 saturated carbocycles. The first kappa shape index (κ1) is 14.4. The van der Waals surface area contributed by atoms with Crippen molar-refractivity contribution in [3.05, 3.63) is 35.4 Å². The largest absolute Gasteiger partial charge is 0.340 e. The molecule has 1 rings (SSSR count). The van der Waals surface area contributed by atoms with Crippen LogP contribution in [0.25, 0.3) is 0 Å². The van der Waals surface area contributed by atoms with E-state index in [1.54, 1.807) is 32.9 Å². The van der Waals surface area contributed by atoms with Gasteiger partial charge in [0.05, 0.1) is 5.54 Å². The average molecular weight is 247 g/mol. The molecule has 0 aliphatic rings. The molecule has 0 aromatic heterocycles. The highest BCUT2D eigenvalue weighted by molar-refractivity contribution is 5.99.